The van der Waals surface area contributed by atoms with Gasteiger partial charge in [0.25, 0.3) is 0 Å². The highest BCUT2D eigenvalue weighted by Crippen LogP contribution is 2.19. The Balaban J connectivity index is 2.02. The van der Waals surface area contributed by atoms with Gasteiger partial charge in [-0.15, -0.1) is 0 Å². The number of aliphatic hydroxyl groups is 1. The first-order valence-corrected chi connectivity index (χ1v) is 8.44. The molecular formula is C17H19NO3S. The zero-order valence-electron chi connectivity index (χ0n) is 12.3. The molecule has 0 aliphatic heterocycles. The summed E-state index contributed by atoms with van der Waals surface area (Å²) in [5, 5.41) is 11.5. The molecule has 0 amide bonds. The van der Waals surface area contributed by atoms with Gasteiger partial charge in [0.2, 0.25) is 10.0 Å². The van der Waals surface area contributed by atoms with Crippen molar-refractivity contribution < 1.29 is 13.5 Å². The van der Waals surface area contributed by atoms with Crippen LogP contribution in [0.25, 0.3) is 6.08 Å². The quantitative estimate of drug-likeness (QED) is 0.860. The van der Waals surface area contributed by atoms with E-state index in [1.165, 1.54) is 6.08 Å². The second-order valence-corrected chi connectivity index (χ2v) is 6.87. The maximum Gasteiger partial charge on any atom is 0.233 e. The lowest BCUT2D eigenvalue weighted by Gasteiger charge is -2.23. The molecule has 0 aliphatic rings. The summed E-state index contributed by atoms with van der Waals surface area (Å²) in [6.07, 6.45) is 1.51. The molecule has 1 unspecified atom stereocenters. The predicted octanol–water partition coefficient (Wildman–Crippen LogP) is 2.48. The molecule has 116 valence electrons. The molecule has 0 spiro atoms. The summed E-state index contributed by atoms with van der Waals surface area (Å²) in [6, 6.07) is 18.1. The molecule has 0 radical (unpaired) electrons. The third-order valence-electron chi connectivity index (χ3n) is 3.25. The second-order valence-electron chi connectivity index (χ2n) is 5.22. The summed E-state index contributed by atoms with van der Waals surface area (Å²) in [6.45, 7) is 1.48. The summed E-state index contributed by atoms with van der Waals surface area (Å²) in [7, 11) is -3.61. The van der Waals surface area contributed by atoms with E-state index in [0.717, 1.165) is 11.0 Å². The molecule has 2 aromatic rings. The Morgan fingerprint density at radius 3 is 2.18 bits per heavy atom. The number of hydrogen-bond donors (Lipinski definition) is 2. The van der Waals surface area contributed by atoms with E-state index < -0.39 is 15.6 Å². The van der Waals surface area contributed by atoms with Gasteiger partial charge in [0.1, 0.15) is 5.60 Å². The van der Waals surface area contributed by atoms with Crippen LogP contribution in [-0.2, 0) is 15.6 Å². The van der Waals surface area contributed by atoms with Crippen molar-refractivity contribution in [3.05, 3.63) is 77.2 Å². The van der Waals surface area contributed by atoms with Crippen LogP contribution in [-0.4, -0.2) is 20.1 Å². The van der Waals surface area contributed by atoms with Gasteiger partial charge in [-0.1, -0.05) is 60.7 Å². The van der Waals surface area contributed by atoms with E-state index in [1.54, 1.807) is 31.2 Å². The zero-order valence-corrected chi connectivity index (χ0v) is 13.1. The van der Waals surface area contributed by atoms with Crippen molar-refractivity contribution in [3.63, 3.8) is 0 Å². The fourth-order valence-corrected chi connectivity index (χ4v) is 2.84. The number of rotatable bonds is 6. The number of nitrogens with one attached hydrogen (secondary N) is 1. The summed E-state index contributed by atoms with van der Waals surface area (Å²) in [5.74, 6) is 0. The maximum atomic E-state index is 12.0. The lowest BCUT2D eigenvalue weighted by atomic mass is 9.97. The van der Waals surface area contributed by atoms with E-state index in [1.807, 2.05) is 36.4 Å². The van der Waals surface area contributed by atoms with Crippen LogP contribution >= 0.6 is 0 Å². The van der Waals surface area contributed by atoms with Crippen LogP contribution in [0.2, 0.25) is 0 Å². The van der Waals surface area contributed by atoms with E-state index in [2.05, 4.69) is 4.72 Å². The van der Waals surface area contributed by atoms with Crippen LogP contribution in [0.15, 0.2) is 66.1 Å². The smallest absolute Gasteiger partial charge is 0.233 e. The minimum atomic E-state index is -3.61. The Labute approximate surface area is 131 Å². The highest BCUT2D eigenvalue weighted by atomic mass is 32.2. The van der Waals surface area contributed by atoms with Crippen molar-refractivity contribution in [3.8, 4) is 0 Å². The summed E-state index contributed by atoms with van der Waals surface area (Å²) in [5.41, 5.74) is 0.182. The SMILES string of the molecule is CC(O)(CNS(=O)(=O)/C=C/c1ccccc1)c1ccccc1. The predicted molar refractivity (Wildman–Crippen MR) is 88.4 cm³/mol. The summed E-state index contributed by atoms with van der Waals surface area (Å²) in [4.78, 5) is 0. The molecule has 4 nitrogen and oxygen atoms in total. The third kappa shape index (κ3) is 4.80. The fourth-order valence-electron chi connectivity index (χ4n) is 1.92. The number of sulfonamides is 1. The Hall–Kier alpha value is -1.95. The summed E-state index contributed by atoms with van der Waals surface area (Å²) >= 11 is 0. The molecule has 0 fully saturated rings. The molecule has 5 heteroatoms. The van der Waals surface area contributed by atoms with Gasteiger partial charge in [0.15, 0.2) is 0 Å². The number of benzene rings is 2. The summed E-state index contributed by atoms with van der Waals surface area (Å²) < 4.78 is 26.3. The topological polar surface area (TPSA) is 66.4 Å². The van der Waals surface area contributed by atoms with Crippen molar-refractivity contribution in [2.75, 3.05) is 6.54 Å². The molecule has 0 bridgehead atoms. The highest BCUT2D eigenvalue weighted by Gasteiger charge is 2.24. The van der Waals surface area contributed by atoms with E-state index in [-0.39, 0.29) is 6.54 Å². The van der Waals surface area contributed by atoms with Gasteiger partial charge in [0.05, 0.1) is 0 Å². The third-order valence-corrected chi connectivity index (χ3v) is 4.29. The molecule has 2 aromatic carbocycles. The highest BCUT2D eigenvalue weighted by molar-refractivity contribution is 7.92. The van der Waals surface area contributed by atoms with Crippen LogP contribution in [0.3, 0.4) is 0 Å². The van der Waals surface area contributed by atoms with Crippen LogP contribution in [0, 0.1) is 0 Å². The first kappa shape index (κ1) is 16.4. The van der Waals surface area contributed by atoms with Gasteiger partial charge < -0.3 is 5.11 Å². The van der Waals surface area contributed by atoms with E-state index in [9.17, 15) is 13.5 Å². The van der Waals surface area contributed by atoms with Crippen molar-refractivity contribution in [1.82, 2.24) is 4.72 Å². The molecular weight excluding hydrogens is 298 g/mol. The standard InChI is InChI=1S/C17H19NO3S/c1-17(19,16-10-6-3-7-11-16)14-18-22(20,21)13-12-15-8-4-2-5-9-15/h2-13,18-19H,14H2,1H3/b13-12+. The first-order chi connectivity index (χ1) is 10.4. The molecule has 0 heterocycles. The van der Waals surface area contributed by atoms with Gasteiger partial charge in [-0.25, -0.2) is 13.1 Å². The maximum absolute atomic E-state index is 12.0. The van der Waals surface area contributed by atoms with Crippen LogP contribution in [0.1, 0.15) is 18.1 Å². The molecule has 0 saturated carbocycles. The number of hydrogen-bond acceptors (Lipinski definition) is 3. The van der Waals surface area contributed by atoms with Crippen molar-refractivity contribution in [2.45, 2.75) is 12.5 Å². The average Bonchev–Trinajstić information content (AvgIpc) is 2.53. The van der Waals surface area contributed by atoms with Gasteiger partial charge in [-0.05, 0) is 24.1 Å². The molecule has 0 aliphatic carbocycles. The Morgan fingerprint density at radius 2 is 1.59 bits per heavy atom. The van der Waals surface area contributed by atoms with Crippen LogP contribution in [0.5, 0.6) is 0 Å². The molecule has 0 saturated heterocycles. The Kier molecular flexibility index (Phi) is 5.13. The van der Waals surface area contributed by atoms with Crippen molar-refractivity contribution >= 4 is 16.1 Å². The van der Waals surface area contributed by atoms with Gasteiger partial charge >= 0.3 is 0 Å². The molecule has 22 heavy (non-hydrogen) atoms. The average molecular weight is 317 g/mol. The van der Waals surface area contributed by atoms with Crippen LogP contribution < -0.4 is 4.72 Å². The largest absolute Gasteiger partial charge is 0.384 e. The first-order valence-electron chi connectivity index (χ1n) is 6.90. The van der Waals surface area contributed by atoms with Gasteiger partial charge in [-0.3, -0.25) is 0 Å². The molecule has 0 aromatic heterocycles. The second kappa shape index (κ2) is 6.87. The normalized spacial score (nSPS) is 14.8. The Bertz CT molecular complexity index is 723. The zero-order chi connectivity index (χ0) is 16.1. The van der Waals surface area contributed by atoms with Crippen molar-refractivity contribution in [1.29, 1.82) is 0 Å². The molecule has 2 rings (SSSR count). The van der Waals surface area contributed by atoms with Crippen molar-refractivity contribution in [2.24, 2.45) is 0 Å². The van der Waals surface area contributed by atoms with E-state index in [4.69, 9.17) is 0 Å². The molecule has 2 N–H and O–H groups in total. The van der Waals surface area contributed by atoms with Gasteiger partial charge in [-0.2, -0.15) is 0 Å². The monoisotopic (exact) mass is 317 g/mol. The fraction of sp³-hybridized carbons (Fsp3) is 0.176. The van der Waals surface area contributed by atoms with E-state index >= 15 is 0 Å². The van der Waals surface area contributed by atoms with Gasteiger partial charge in [0, 0.05) is 12.0 Å². The van der Waals surface area contributed by atoms with E-state index in [0.29, 0.717) is 5.56 Å². The molecule has 1 atom stereocenters. The lowest BCUT2D eigenvalue weighted by Crippen LogP contribution is -2.37. The lowest BCUT2D eigenvalue weighted by molar-refractivity contribution is 0.0628. The minimum absolute atomic E-state index is 0.0987. The minimum Gasteiger partial charge on any atom is -0.384 e. The van der Waals surface area contributed by atoms with Crippen LogP contribution in [0.4, 0.5) is 0 Å². The Morgan fingerprint density at radius 1 is 1.05 bits per heavy atom.